The van der Waals surface area contributed by atoms with Crippen LogP contribution >= 0.6 is 0 Å². The van der Waals surface area contributed by atoms with E-state index in [0.717, 1.165) is 16.6 Å². The first-order chi connectivity index (χ1) is 12.4. The molecule has 120 valence electrons. The van der Waals surface area contributed by atoms with Crippen LogP contribution in [0.15, 0.2) is 36.9 Å². The maximum atomic E-state index is 12.4. The molecule has 1 aliphatic rings. The molecule has 1 fully saturated rings. The first-order valence-corrected chi connectivity index (χ1v) is 7.99. The minimum absolute atomic E-state index is 0.185. The van der Waals surface area contributed by atoms with Crippen LogP contribution in [0.1, 0.15) is 6.42 Å². The van der Waals surface area contributed by atoms with Crippen LogP contribution in [0.25, 0.3) is 16.6 Å². The summed E-state index contributed by atoms with van der Waals surface area (Å²) in [6, 6.07) is 5.71. The Hall–Kier alpha value is -2.95. The lowest BCUT2D eigenvalue weighted by Crippen LogP contribution is -2.35. The topological polar surface area (TPSA) is 79.2 Å². The van der Waals surface area contributed by atoms with Crippen LogP contribution < -0.4 is 4.90 Å². The molecule has 1 amide bonds. The Morgan fingerprint density at radius 2 is 2.04 bits per heavy atom. The molecule has 6 radical (unpaired) electrons. The summed E-state index contributed by atoms with van der Waals surface area (Å²) in [6.45, 7) is 0.505. The van der Waals surface area contributed by atoms with Gasteiger partial charge in [0, 0.05) is 36.3 Å². The Kier molecular flexibility index (Phi) is 3.69. The van der Waals surface area contributed by atoms with E-state index in [2.05, 4.69) is 10.2 Å². The average Bonchev–Trinajstić information content (AvgIpc) is 3.31. The molecular formula is C16H11B3N6O. The molecule has 4 rings (SSSR count). The fourth-order valence-corrected chi connectivity index (χ4v) is 3.11. The van der Waals surface area contributed by atoms with Gasteiger partial charge in [0.05, 0.1) is 47.0 Å². The summed E-state index contributed by atoms with van der Waals surface area (Å²) < 4.78 is 2.94. The molecule has 0 bridgehead atoms. The van der Waals surface area contributed by atoms with Crippen molar-refractivity contribution in [2.75, 3.05) is 11.4 Å². The fourth-order valence-electron chi connectivity index (χ4n) is 3.11. The highest BCUT2D eigenvalue weighted by Gasteiger charge is 2.33. The lowest BCUT2D eigenvalue weighted by molar-refractivity contribution is -0.118. The molecule has 0 aromatic carbocycles. The van der Waals surface area contributed by atoms with Gasteiger partial charge in [-0.3, -0.25) is 9.48 Å². The van der Waals surface area contributed by atoms with Gasteiger partial charge in [-0.1, -0.05) is 0 Å². The van der Waals surface area contributed by atoms with Crippen molar-refractivity contribution in [2.45, 2.75) is 11.7 Å². The number of aromatic nitrogens is 4. The minimum Gasteiger partial charge on any atom is -0.309 e. The van der Waals surface area contributed by atoms with Gasteiger partial charge in [-0.25, -0.2) is 4.52 Å². The van der Waals surface area contributed by atoms with Gasteiger partial charge in [-0.2, -0.15) is 15.5 Å². The summed E-state index contributed by atoms with van der Waals surface area (Å²) in [4.78, 5) is 14.0. The van der Waals surface area contributed by atoms with Crippen molar-refractivity contribution in [3.05, 3.63) is 36.9 Å². The summed E-state index contributed by atoms with van der Waals surface area (Å²) in [7, 11) is 16.9. The Balaban J connectivity index is 1.76. The van der Waals surface area contributed by atoms with Gasteiger partial charge in [0.2, 0.25) is 5.91 Å². The molecule has 1 atom stereocenters. The van der Waals surface area contributed by atoms with E-state index in [9.17, 15) is 4.79 Å². The second kappa shape index (κ2) is 5.80. The van der Waals surface area contributed by atoms with Gasteiger partial charge in [0.1, 0.15) is 5.92 Å². The van der Waals surface area contributed by atoms with Crippen molar-refractivity contribution >= 4 is 40.7 Å². The molecule has 0 aliphatic carbocycles. The number of hydrogen-bond acceptors (Lipinski definition) is 4. The predicted octanol–water partition coefficient (Wildman–Crippen LogP) is 0.148. The van der Waals surface area contributed by atoms with Gasteiger partial charge >= 0.3 is 0 Å². The molecule has 1 aliphatic heterocycles. The lowest BCUT2D eigenvalue weighted by atomic mass is 9.49. The molecule has 4 heterocycles. The van der Waals surface area contributed by atoms with Crippen LogP contribution in [-0.4, -0.2) is 55.4 Å². The van der Waals surface area contributed by atoms with Crippen molar-refractivity contribution in [3.63, 3.8) is 0 Å². The number of nitrogens with zero attached hydrogens (tertiary/aromatic N) is 6. The van der Waals surface area contributed by atoms with E-state index in [0.29, 0.717) is 18.7 Å². The normalized spacial score (nSPS) is 17.7. The van der Waals surface area contributed by atoms with E-state index in [4.69, 9.17) is 28.8 Å². The number of fused-ring (bicyclic) bond motifs is 1. The predicted molar refractivity (Wildman–Crippen MR) is 97.7 cm³/mol. The van der Waals surface area contributed by atoms with E-state index < -0.39 is 11.2 Å². The first kappa shape index (κ1) is 16.5. The van der Waals surface area contributed by atoms with E-state index >= 15 is 0 Å². The number of carbonyl (C=O) groups excluding carboxylic acids is 1. The average molecular weight is 336 g/mol. The highest BCUT2D eigenvalue weighted by molar-refractivity contribution is 6.56. The number of anilines is 1. The molecule has 10 heteroatoms. The molecule has 1 saturated heterocycles. The van der Waals surface area contributed by atoms with Crippen LogP contribution in [0, 0.1) is 17.2 Å². The van der Waals surface area contributed by atoms with Crippen LogP contribution in [-0.2, 0) is 10.0 Å². The Bertz CT molecular complexity index is 1040. The molecule has 3 aromatic rings. The SMILES string of the molecule is [B]C([B])([B])n1cc(-c2cc3c(N4CCC(C#N)C4=O)ccnn3c2)cn1. The second-order valence-corrected chi connectivity index (χ2v) is 6.30. The van der Waals surface area contributed by atoms with E-state index in [1.54, 1.807) is 34.1 Å². The first-order valence-electron chi connectivity index (χ1n) is 7.99. The van der Waals surface area contributed by atoms with Crippen molar-refractivity contribution < 1.29 is 4.79 Å². The minimum atomic E-state index is -1.59. The van der Waals surface area contributed by atoms with Gasteiger partial charge in [-0.05, 0) is 23.8 Å². The van der Waals surface area contributed by atoms with E-state index in [1.165, 1.54) is 4.68 Å². The molecular weight excluding hydrogens is 325 g/mol. The molecule has 26 heavy (non-hydrogen) atoms. The van der Waals surface area contributed by atoms with Gasteiger partial charge in [0.15, 0.2) is 0 Å². The third-order valence-corrected chi connectivity index (χ3v) is 4.45. The fraction of sp³-hybridized carbons (Fsp3) is 0.250. The van der Waals surface area contributed by atoms with Gasteiger partial charge < -0.3 is 4.90 Å². The number of amides is 1. The Morgan fingerprint density at radius 1 is 1.23 bits per heavy atom. The Morgan fingerprint density at radius 3 is 2.69 bits per heavy atom. The zero-order valence-electron chi connectivity index (χ0n) is 13.8. The summed E-state index contributed by atoms with van der Waals surface area (Å²) in [5, 5.41) is 15.9. The monoisotopic (exact) mass is 336 g/mol. The third kappa shape index (κ3) is 2.60. The molecule has 3 aromatic heterocycles. The zero-order chi connectivity index (χ0) is 18.5. The van der Waals surface area contributed by atoms with Crippen molar-refractivity contribution in [3.8, 4) is 17.2 Å². The van der Waals surface area contributed by atoms with E-state index in [-0.39, 0.29) is 5.91 Å². The number of carbonyl (C=O) groups is 1. The Labute approximate surface area is 153 Å². The smallest absolute Gasteiger partial charge is 0.244 e. The van der Waals surface area contributed by atoms with Crippen LogP contribution in [0.4, 0.5) is 5.69 Å². The molecule has 1 unspecified atom stereocenters. The maximum absolute atomic E-state index is 12.4. The maximum Gasteiger partial charge on any atom is 0.244 e. The van der Waals surface area contributed by atoms with Crippen molar-refractivity contribution in [1.29, 1.82) is 5.26 Å². The lowest BCUT2D eigenvalue weighted by Gasteiger charge is -2.20. The molecule has 0 N–H and O–H groups in total. The summed E-state index contributed by atoms with van der Waals surface area (Å²) >= 11 is 0. The summed E-state index contributed by atoms with van der Waals surface area (Å²) in [6.07, 6.45) is 7.19. The second-order valence-electron chi connectivity index (χ2n) is 6.30. The van der Waals surface area contributed by atoms with Crippen LogP contribution in [0.5, 0.6) is 0 Å². The van der Waals surface area contributed by atoms with E-state index in [1.807, 2.05) is 18.3 Å². The number of hydrogen-bond donors (Lipinski definition) is 0. The third-order valence-electron chi connectivity index (χ3n) is 4.45. The van der Waals surface area contributed by atoms with Crippen LogP contribution in [0.2, 0.25) is 0 Å². The highest BCUT2D eigenvalue weighted by Crippen LogP contribution is 2.31. The highest BCUT2D eigenvalue weighted by atomic mass is 16.2. The van der Waals surface area contributed by atoms with Gasteiger partial charge in [0.25, 0.3) is 0 Å². The zero-order valence-corrected chi connectivity index (χ0v) is 13.8. The standard InChI is InChI=1S/C16H11B3N6O/c17-16(18,19)25-9-12(7-22-25)11-5-14-13(1-3-21-24(14)8-11)23-4-2-10(6-20)15(23)26/h1,3,5,7-10H,2,4H2. The summed E-state index contributed by atoms with van der Waals surface area (Å²) in [5.74, 6) is -0.780. The number of rotatable bonds is 3. The largest absolute Gasteiger partial charge is 0.309 e. The quantitative estimate of drug-likeness (QED) is 0.638. The van der Waals surface area contributed by atoms with Crippen molar-refractivity contribution in [1.82, 2.24) is 19.4 Å². The van der Waals surface area contributed by atoms with Gasteiger partial charge in [-0.15, -0.1) is 0 Å². The molecule has 0 saturated carbocycles. The molecule has 0 spiro atoms. The van der Waals surface area contributed by atoms with Crippen molar-refractivity contribution in [2.24, 2.45) is 5.92 Å². The van der Waals surface area contributed by atoms with Crippen LogP contribution in [0.3, 0.4) is 0 Å². The number of nitriles is 1. The summed E-state index contributed by atoms with van der Waals surface area (Å²) in [5.41, 5.74) is 3.05. The molecule has 7 nitrogen and oxygen atoms in total.